The van der Waals surface area contributed by atoms with Gasteiger partial charge in [-0.05, 0) is 49.3 Å². The molecule has 2 heteroatoms. The Labute approximate surface area is 110 Å². The zero-order chi connectivity index (χ0) is 12.3. The van der Waals surface area contributed by atoms with Crippen LogP contribution in [-0.2, 0) is 0 Å². The molecule has 94 valence electrons. The summed E-state index contributed by atoms with van der Waals surface area (Å²) in [4.78, 5) is 0. The highest BCUT2D eigenvalue weighted by Gasteiger charge is 2.34. The summed E-state index contributed by atoms with van der Waals surface area (Å²) in [6, 6.07) is 8.57. The third-order valence-corrected chi connectivity index (χ3v) is 4.57. The molecule has 0 spiro atoms. The molecule has 1 fully saturated rings. The molecule has 17 heavy (non-hydrogen) atoms. The van der Waals surface area contributed by atoms with Crippen molar-refractivity contribution in [3.05, 3.63) is 34.9 Å². The first kappa shape index (κ1) is 12.9. The van der Waals surface area contributed by atoms with Gasteiger partial charge in [0.1, 0.15) is 0 Å². The number of nitrogens with one attached hydrogen (secondary N) is 1. The van der Waals surface area contributed by atoms with Crippen LogP contribution in [-0.4, -0.2) is 6.54 Å². The molecule has 0 bridgehead atoms. The van der Waals surface area contributed by atoms with Gasteiger partial charge in [-0.1, -0.05) is 37.1 Å². The van der Waals surface area contributed by atoms with E-state index in [-0.39, 0.29) is 0 Å². The summed E-state index contributed by atoms with van der Waals surface area (Å²) in [5.41, 5.74) is 1.90. The van der Waals surface area contributed by atoms with Crippen LogP contribution < -0.4 is 5.32 Å². The van der Waals surface area contributed by atoms with Gasteiger partial charge in [0.2, 0.25) is 0 Å². The molecule has 0 aromatic heterocycles. The highest BCUT2D eigenvalue weighted by molar-refractivity contribution is 6.30. The zero-order valence-corrected chi connectivity index (χ0v) is 11.6. The van der Waals surface area contributed by atoms with Crippen LogP contribution >= 0.6 is 11.6 Å². The zero-order valence-electron chi connectivity index (χ0n) is 10.8. The van der Waals surface area contributed by atoms with Crippen molar-refractivity contribution in [3.63, 3.8) is 0 Å². The van der Waals surface area contributed by atoms with Crippen LogP contribution in [0.5, 0.6) is 0 Å². The SMILES string of the molecule is CCC1(CNC(C)c2ccc(Cl)cc2)CCC1. The fourth-order valence-corrected chi connectivity index (χ4v) is 2.70. The lowest BCUT2D eigenvalue weighted by Gasteiger charge is -2.42. The first-order valence-corrected chi connectivity index (χ1v) is 7.02. The summed E-state index contributed by atoms with van der Waals surface area (Å²) in [6.45, 7) is 5.69. The normalized spacial score (nSPS) is 19.7. The summed E-state index contributed by atoms with van der Waals surface area (Å²) in [5, 5.41) is 4.48. The Hall–Kier alpha value is -0.530. The van der Waals surface area contributed by atoms with Crippen LogP contribution in [0, 0.1) is 5.41 Å². The lowest BCUT2D eigenvalue weighted by Crippen LogP contribution is -2.40. The third-order valence-electron chi connectivity index (χ3n) is 4.32. The van der Waals surface area contributed by atoms with Crippen molar-refractivity contribution >= 4 is 11.6 Å². The van der Waals surface area contributed by atoms with Gasteiger partial charge in [-0.25, -0.2) is 0 Å². The Morgan fingerprint density at radius 2 is 1.94 bits per heavy atom. The van der Waals surface area contributed by atoms with Crippen LogP contribution in [0.4, 0.5) is 0 Å². The van der Waals surface area contributed by atoms with Gasteiger partial charge in [0.25, 0.3) is 0 Å². The van der Waals surface area contributed by atoms with Gasteiger partial charge < -0.3 is 5.32 Å². The summed E-state index contributed by atoms with van der Waals surface area (Å²) in [6.07, 6.45) is 5.49. The van der Waals surface area contributed by atoms with Crippen molar-refractivity contribution in [1.82, 2.24) is 5.32 Å². The maximum atomic E-state index is 5.90. The average molecular weight is 252 g/mol. The fraction of sp³-hybridized carbons (Fsp3) is 0.600. The molecule has 0 aliphatic heterocycles. The van der Waals surface area contributed by atoms with Gasteiger partial charge in [-0.15, -0.1) is 0 Å². The standard InChI is InChI=1S/C15H22ClN/c1-3-15(9-4-10-15)11-17-12(2)13-5-7-14(16)8-6-13/h5-8,12,17H,3-4,9-11H2,1-2H3. The van der Waals surface area contributed by atoms with Crippen molar-refractivity contribution in [3.8, 4) is 0 Å². The summed E-state index contributed by atoms with van der Waals surface area (Å²) >= 11 is 5.90. The molecule has 1 aromatic carbocycles. The van der Waals surface area contributed by atoms with Gasteiger partial charge in [0.05, 0.1) is 0 Å². The molecule has 0 radical (unpaired) electrons. The predicted molar refractivity (Wildman–Crippen MR) is 74.4 cm³/mol. The van der Waals surface area contributed by atoms with Crippen LogP contribution in [0.3, 0.4) is 0 Å². The van der Waals surface area contributed by atoms with E-state index in [9.17, 15) is 0 Å². The van der Waals surface area contributed by atoms with Gasteiger partial charge in [-0.2, -0.15) is 0 Å². The molecule has 1 unspecified atom stereocenters. The largest absolute Gasteiger partial charge is 0.310 e. The fourth-order valence-electron chi connectivity index (χ4n) is 2.57. The quantitative estimate of drug-likeness (QED) is 0.808. The Morgan fingerprint density at radius 3 is 2.41 bits per heavy atom. The lowest BCUT2D eigenvalue weighted by molar-refractivity contribution is 0.120. The third kappa shape index (κ3) is 3.02. The van der Waals surface area contributed by atoms with Crippen LogP contribution in [0.1, 0.15) is 51.1 Å². The van der Waals surface area contributed by atoms with E-state index in [1.54, 1.807) is 0 Å². The lowest BCUT2D eigenvalue weighted by atomic mass is 9.67. The van der Waals surface area contributed by atoms with E-state index in [4.69, 9.17) is 11.6 Å². The molecular formula is C15H22ClN. The van der Waals surface area contributed by atoms with E-state index < -0.39 is 0 Å². The van der Waals surface area contributed by atoms with E-state index >= 15 is 0 Å². The molecule has 1 aliphatic rings. The van der Waals surface area contributed by atoms with Crippen LogP contribution in [0.2, 0.25) is 5.02 Å². The second-order valence-corrected chi connectivity index (χ2v) is 5.80. The number of halogens is 1. The Bertz CT molecular complexity index is 348. The molecule has 0 amide bonds. The number of hydrogen-bond donors (Lipinski definition) is 1. The monoisotopic (exact) mass is 251 g/mol. The summed E-state index contributed by atoms with van der Waals surface area (Å²) in [5.74, 6) is 0. The predicted octanol–water partition coefficient (Wildman–Crippen LogP) is 4.57. The molecule has 0 saturated heterocycles. The van der Waals surface area contributed by atoms with Crippen molar-refractivity contribution in [2.45, 2.75) is 45.6 Å². The Morgan fingerprint density at radius 1 is 1.29 bits per heavy atom. The van der Waals surface area contributed by atoms with E-state index in [0.29, 0.717) is 11.5 Å². The first-order chi connectivity index (χ1) is 8.15. The smallest absolute Gasteiger partial charge is 0.0406 e. The van der Waals surface area contributed by atoms with Gasteiger partial charge in [0, 0.05) is 17.6 Å². The molecule has 1 nitrogen and oxygen atoms in total. The summed E-state index contributed by atoms with van der Waals surface area (Å²) in [7, 11) is 0. The highest BCUT2D eigenvalue weighted by atomic mass is 35.5. The molecule has 1 N–H and O–H groups in total. The molecule has 0 heterocycles. The highest BCUT2D eigenvalue weighted by Crippen LogP contribution is 2.43. The number of benzene rings is 1. The van der Waals surface area contributed by atoms with E-state index in [1.165, 1.54) is 31.2 Å². The Balaban J connectivity index is 1.88. The molecule has 1 aliphatic carbocycles. The minimum atomic E-state index is 0.413. The number of rotatable bonds is 5. The maximum absolute atomic E-state index is 5.90. The second kappa shape index (κ2) is 5.41. The molecule has 2 rings (SSSR count). The minimum Gasteiger partial charge on any atom is -0.310 e. The minimum absolute atomic E-state index is 0.413. The van der Waals surface area contributed by atoms with E-state index in [1.807, 2.05) is 12.1 Å². The molecule has 1 saturated carbocycles. The van der Waals surface area contributed by atoms with Gasteiger partial charge in [-0.3, -0.25) is 0 Å². The first-order valence-electron chi connectivity index (χ1n) is 6.64. The second-order valence-electron chi connectivity index (χ2n) is 5.36. The summed E-state index contributed by atoms with van der Waals surface area (Å²) < 4.78 is 0. The van der Waals surface area contributed by atoms with E-state index in [2.05, 4.69) is 31.3 Å². The van der Waals surface area contributed by atoms with Crippen LogP contribution in [0.15, 0.2) is 24.3 Å². The molecular weight excluding hydrogens is 230 g/mol. The van der Waals surface area contributed by atoms with Crippen molar-refractivity contribution in [1.29, 1.82) is 0 Å². The number of hydrogen-bond acceptors (Lipinski definition) is 1. The van der Waals surface area contributed by atoms with Crippen molar-refractivity contribution in [2.24, 2.45) is 5.41 Å². The van der Waals surface area contributed by atoms with Gasteiger partial charge >= 0.3 is 0 Å². The molecule has 1 aromatic rings. The Kier molecular flexibility index (Phi) is 4.11. The van der Waals surface area contributed by atoms with Crippen LogP contribution in [0.25, 0.3) is 0 Å². The topological polar surface area (TPSA) is 12.0 Å². The van der Waals surface area contributed by atoms with E-state index in [0.717, 1.165) is 11.6 Å². The van der Waals surface area contributed by atoms with Crippen molar-refractivity contribution < 1.29 is 0 Å². The average Bonchev–Trinajstić information content (AvgIpc) is 2.29. The van der Waals surface area contributed by atoms with Gasteiger partial charge in [0.15, 0.2) is 0 Å². The van der Waals surface area contributed by atoms with Crippen molar-refractivity contribution in [2.75, 3.05) is 6.54 Å². The maximum Gasteiger partial charge on any atom is 0.0406 e. The molecule has 1 atom stereocenters.